The average Bonchev–Trinajstić information content (AvgIpc) is 3.00. The quantitative estimate of drug-likeness (QED) is 0.719. The number of carbonyl (C=O) groups is 1. The van der Waals surface area contributed by atoms with Crippen molar-refractivity contribution in [3.8, 4) is 0 Å². The molecule has 0 saturated carbocycles. The van der Waals surface area contributed by atoms with E-state index in [1.807, 2.05) is 10.7 Å². The van der Waals surface area contributed by atoms with Crippen molar-refractivity contribution in [1.82, 2.24) is 20.0 Å². The van der Waals surface area contributed by atoms with Crippen molar-refractivity contribution in [1.29, 1.82) is 0 Å². The van der Waals surface area contributed by atoms with Crippen LogP contribution < -0.4 is 24.2 Å². The van der Waals surface area contributed by atoms with Crippen LogP contribution in [-0.4, -0.2) is 51.4 Å². The average molecular weight is 350 g/mol. The number of nitrogens with zero attached hydrogens (tertiary/aromatic N) is 3. The first-order valence-corrected chi connectivity index (χ1v) is 9.23. The van der Waals surface area contributed by atoms with Crippen LogP contribution in [0.2, 0.25) is 0 Å². The van der Waals surface area contributed by atoms with Gasteiger partial charge < -0.3 is 16.7 Å². The number of hydrogen-bond donors (Lipinski definition) is 2. The summed E-state index contributed by atoms with van der Waals surface area (Å²) in [5.74, 6) is -0.152. The Bertz CT molecular complexity index is 802. The molecular weight excluding hydrogens is 323 g/mol. The zero-order valence-corrected chi connectivity index (χ0v) is 15.9. The minimum atomic E-state index is -0.891. The normalized spacial score (nSPS) is 24.8. The largest absolute Gasteiger partial charge is 1.00 e. The Morgan fingerprint density at radius 3 is 2.69 bits per heavy atom. The van der Waals surface area contributed by atoms with Crippen molar-refractivity contribution in [2.45, 2.75) is 45.3 Å². The van der Waals surface area contributed by atoms with Crippen LogP contribution in [0.4, 0.5) is 0 Å². The van der Waals surface area contributed by atoms with Gasteiger partial charge in [-0.15, -0.1) is 0 Å². The number of fused-ring (bicyclic) bond motifs is 4. The first kappa shape index (κ1) is 19.4. The molecule has 1 aromatic carbocycles. The van der Waals surface area contributed by atoms with Crippen molar-refractivity contribution in [2.75, 3.05) is 19.6 Å². The monoisotopic (exact) mass is 350 g/mol. The molecule has 0 amide bonds. The Morgan fingerprint density at radius 2 is 2.12 bits per heavy atom. The Hall–Kier alpha value is -1.32. The van der Waals surface area contributed by atoms with E-state index in [2.05, 4.69) is 24.1 Å². The van der Waals surface area contributed by atoms with E-state index in [0.717, 1.165) is 29.1 Å². The predicted octanol–water partition coefficient (Wildman–Crippen LogP) is -0.384. The van der Waals surface area contributed by atoms with E-state index >= 15 is 0 Å². The van der Waals surface area contributed by atoms with Gasteiger partial charge in [-0.05, 0) is 57.8 Å². The molecule has 0 radical (unpaired) electrons. The smallest absolute Gasteiger partial charge is 1.00 e. The molecule has 1 atom stereocenters. The topological polar surface area (TPSA) is 70.4 Å². The van der Waals surface area contributed by atoms with Gasteiger partial charge in [-0.3, -0.25) is 4.68 Å². The van der Waals surface area contributed by atoms with Crippen molar-refractivity contribution >= 4 is 16.9 Å². The summed E-state index contributed by atoms with van der Waals surface area (Å²) < 4.78 is 1.94. The number of aromatic nitrogens is 2. The molecule has 3 saturated heterocycles. The summed E-state index contributed by atoms with van der Waals surface area (Å²) >= 11 is 0. The number of benzene rings is 1. The molecule has 0 spiro atoms. The van der Waals surface area contributed by atoms with E-state index < -0.39 is 5.97 Å². The maximum atomic E-state index is 11.7. The summed E-state index contributed by atoms with van der Waals surface area (Å²) in [5.41, 5.74) is 2.09. The molecule has 1 aromatic heterocycles. The summed E-state index contributed by atoms with van der Waals surface area (Å²) in [7, 11) is 0. The zero-order valence-electron chi connectivity index (χ0n) is 16.9. The van der Waals surface area contributed by atoms with Crippen LogP contribution in [-0.2, 0) is 6.54 Å². The molecule has 3 aliphatic rings. The maximum absolute atomic E-state index is 11.7. The number of carboxylic acids is 1. The van der Waals surface area contributed by atoms with Crippen molar-refractivity contribution in [2.24, 2.45) is 5.92 Å². The van der Waals surface area contributed by atoms with E-state index in [1.165, 1.54) is 25.9 Å². The maximum Gasteiger partial charge on any atom is 1.00 e. The number of carboxylic acid groups (broad SMARTS) is 1. The SMILES string of the molecule is CC(C)n1nc(CNC2CN3CCC2CC3)c2c(C(=O)O)cccc21.[H-].[Li+]. The van der Waals surface area contributed by atoms with Crippen LogP contribution in [0.3, 0.4) is 0 Å². The minimum absolute atomic E-state index is 0. The van der Waals surface area contributed by atoms with Crippen LogP contribution in [0.1, 0.15) is 50.2 Å². The number of rotatable bonds is 5. The van der Waals surface area contributed by atoms with E-state index in [-0.39, 0.29) is 26.3 Å². The number of piperidine rings is 3. The summed E-state index contributed by atoms with van der Waals surface area (Å²) in [6.45, 7) is 8.30. The van der Waals surface area contributed by atoms with Gasteiger partial charge in [0.1, 0.15) is 0 Å². The van der Waals surface area contributed by atoms with Crippen molar-refractivity contribution in [3.63, 3.8) is 0 Å². The van der Waals surface area contributed by atoms with Gasteiger partial charge in [0.05, 0.1) is 16.8 Å². The summed E-state index contributed by atoms with van der Waals surface area (Å²) in [5, 5.41) is 18.8. The third-order valence-corrected chi connectivity index (χ3v) is 5.71. The molecule has 3 aliphatic heterocycles. The molecule has 2 bridgehead atoms. The van der Waals surface area contributed by atoms with Gasteiger partial charge in [-0.1, -0.05) is 6.07 Å². The molecule has 5 rings (SSSR count). The van der Waals surface area contributed by atoms with Crippen LogP contribution in [0.5, 0.6) is 0 Å². The summed E-state index contributed by atoms with van der Waals surface area (Å²) in [4.78, 5) is 14.2. The van der Waals surface area contributed by atoms with Gasteiger partial charge in [0.15, 0.2) is 0 Å². The van der Waals surface area contributed by atoms with E-state index in [4.69, 9.17) is 5.10 Å². The Kier molecular flexibility index (Phi) is 5.78. The first-order valence-electron chi connectivity index (χ1n) is 9.23. The molecule has 4 heterocycles. The molecule has 0 aliphatic carbocycles. The van der Waals surface area contributed by atoms with Gasteiger partial charge in [-0.2, -0.15) is 5.10 Å². The van der Waals surface area contributed by atoms with Gasteiger partial charge in [0, 0.05) is 30.6 Å². The second-order valence-corrected chi connectivity index (χ2v) is 7.62. The second-order valence-electron chi connectivity index (χ2n) is 7.62. The fourth-order valence-corrected chi connectivity index (χ4v) is 4.39. The van der Waals surface area contributed by atoms with E-state index in [9.17, 15) is 9.90 Å². The fraction of sp³-hybridized carbons (Fsp3) is 0.579. The molecule has 6 nitrogen and oxygen atoms in total. The van der Waals surface area contributed by atoms with Crippen LogP contribution >= 0.6 is 0 Å². The molecule has 7 heteroatoms. The van der Waals surface area contributed by atoms with Gasteiger partial charge in [0.2, 0.25) is 0 Å². The first-order chi connectivity index (χ1) is 12.0. The molecule has 26 heavy (non-hydrogen) atoms. The Balaban J connectivity index is 0.00000131. The number of nitrogens with one attached hydrogen (secondary N) is 1. The van der Waals surface area contributed by atoms with Crippen LogP contribution in [0, 0.1) is 5.92 Å². The van der Waals surface area contributed by atoms with E-state index in [0.29, 0.717) is 18.2 Å². The van der Waals surface area contributed by atoms with Crippen molar-refractivity contribution in [3.05, 3.63) is 29.5 Å². The fourth-order valence-electron chi connectivity index (χ4n) is 4.39. The molecule has 136 valence electrons. The minimum Gasteiger partial charge on any atom is -1.00 e. The molecule has 3 fully saturated rings. The van der Waals surface area contributed by atoms with Gasteiger partial charge >= 0.3 is 24.8 Å². The second kappa shape index (κ2) is 7.73. The Morgan fingerprint density at radius 1 is 1.38 bits per heavy atom. The van der Waals surface area contributed by atoms with Crippen LogP contribution in [0.25, 0.3) is 10.9 Å². The van der Waals surface area contributed by atoms with Crippen molar-refractivity contribution < 1.29 is 30.2 Å². The van der Waals surface area contributed by atoms with Gasteiger partial charge in [0.25, 0.3) is 0 Å². The van der Waals surface area contributed by atoms with Crippen LogP contribution in [0.15, 0.2) is 18.2 Å². The molecule has 1 unspecified atom stereocenters. The molecule has 2 N–H and O–H groups in total. The molecular formula is C19H27LiN4O2. The zero-order chi connectivity index (χ0) is 17.6. The third kappa shape index (κ3) is 3.44. The predicted molar refractivity (Wildman–Crippen MR) is 98.0 cm³/mol. The number of aromatic carboxylic acids is 1. The van der Waals surface area contributed by atoms with Gasteiger partial charge in [-0.25, -0.2) is 4.79 Å². The third-order valence-electron chi connectivity index (χ3n) is 5.71. The standard InChI is InChI=1S/C19H26N4O2.Li.H/c1-12(2)23-17-5-3-4-14(19(24)25)18(17)15(21-23)10-20-16-11-22-8-6-13(16)7-9-22;;/h3-5,12-13,16,20H,6-11H2,1-2H3,(H,24,25);;/q;+1;-1. The number of hydrogen-bond acceptors (Lipinski definition) is 4. The Labute approximate surface area is 167 Å². The summed E-state index contributed by atoms with van der Waals surface area (Å²) in [6, 6.07) is 6.12. The molecule has 2 aromatic rings. The van der Waals surface area contributed by atoms with E-state index in [1.54, 1.807) is 12.1 Å². The summed E-state index contributed by atoms with van der Waals surface area (Å²) in [6.07, 6.45) is 2.53.